The number of imide groups is 1. The van der Waals surface area contributed by atoms with Crippen LogP contribution in [0.1, 0.15) is 18.5 Å². The summed E-state index contributed by atoms with van der Waals surface area (Å²) in [6, 6.07) is 5.97. The van der Waals surface area contributed by atoms with Crippen molar-refractivity contribution in [2.45, 2.75) is 18.9 Å². The number of nitrogens with zero attached hydrogens (tertiary/aromatic N) is 3. The minimum atomic E-state index is -0.566. The summed E-state index contributed by atoms with van der Waals surface area (Å²) in [4.78, 5) is 32.2. The number of hydrogen-bond donors (Lipinski definition) is 3. The lowest BCUT2D eigenvalue weighted by Crippen LogP contribution is -2.22. The normalized spacial score (nSPS) is 17.8. The van der Waals surface area contributed by atoms with Crippen LogP contribution in [0.15, 0.2) is 42.4 Å². The largest absolute Gasteiger partial charge is 0.364 e. The summed E-state index contributed by atoms with van der Waals surface area (Å²) in [5.41, 5.74) is 2.49. The van der Waals surface area contributed by atoms with Gasteiger partial charge in [0, 0.05) is 17.8 Å². The zero-order valence-electron chi connectivity index (χ0n) is 14.6. The maximum absolute atomic E-state index is 13.7. The van der Waals surface area contributed by atoms with Crippen molar-refractivity contribution in [1.29, 1.82) is 0 Å². The minimum absolute atomic E-state index is 0.132. The summed E-state index contributed by atoms with van der Waals surface area (Å²) < 4.78 is 15.5. The van der Waals surface area contributed by atoms with E-state index in [2.05, 4.69) is 25.9 Å². The highest BCUT2D eigenvalue weighted by Crippen LogP contribution is 2.29. The molecule has 5 rings (SSSR count). The van der Waals surface area contributed by atoms with Gasteiger partial charge in [0.15, 0.2) is 11.5 Å². The van der Waals surface area contributed by atoms with Gasteiger partial charge in [-0.05, 0) is 31.1 Å². The Morgan fingerprint density at radius 3 is 2.82 bits per heavy atom. The summed E-state index contributed by atoms with van der Waals surface area (Å²) in [5.74, 6) is -0.265. The maximum Gasteiger partial charge on any atom is 0.326 e. The number of anilines is 1. The molecular formula is C19H15FN6O2. The SMILES string of the molecule is O=C1NC(=O)/C(=C/c2cnc3c(NC4CC4)nc(-c4cccc(F)c4)cn23)N1. The van der Waals surface area contributed by atoms with Crippen LogP contribution in [0, 0.1) is 5.82 Å². The Hall–Kier alpha value is -3.75. The van der Waals surface area contributed by atoms with E-state index in [1.54, 1.807) is 28.9 Å². The van der Waals surface area contributed by atoms with Gasteiger partial charge in [-0.1, -0.05) is 12.1 Å². The Bertz CT molecular complexity index is 1160. The monoisotopic (exact) mass is 378 g/mol. The van der Waals surface area contributed by atoms with E-state index in [1.807, 2.05) is 0 Å². The van der Waals surface area contributed by atoms with Crippen molar-refractivity contribution >= 4 is 29.5 Å². The van der Waals surface area contributed by atoms with E-state index in [1.165, 1.54) is 18.2 Å². The topological polar surface area (TPSA) is 100 Å². The molecular weight excluding hydrogens is 363 g/mol. The molecule has 1 aromatic carbocycles. The van der Waals surface area contributed by atoms with E-state index in [9.17, 15) is 14.0 Å². The Morgan fingerprint density at radius 2 is 2.11 bits per heavy atom. The summed E-state index contributed by atoms with van der Waals surface area (Å²) >= 11 is 0. The van der Waals surface area contributed by atoms with Crippen LogP contribution in [-0.2, 0) is 4.79 Å². The van der Waals surface area contributed by atoms with Crippen LogP contribution in [0.4, 0.5) is 15.0 Å². The predicted molar refractivity (Wildman–Crippen MR) is 99.7 cm³/mol. The molecule has 1 aliphatic carbocycles. The highest BCUT2D eigenvalue weighted by atomic mass is 19.1. The van der Waals surface area contributed by atoms with Crippen LogP contribution in [0.2, 0.25) is 0 Å². The molecule has 1 aliphatic heterocycles. The highest BCUT2D eigenvalue weighted by molar-refractivity contribution is 6.13. The van der Waals surface area contributed by atoms with Crippen molar-refractivity contribution in [2.24, 2.45) is 0 Å². The fourth-order valence-corrected chi connectivity index (χ4v) is 3.05. The van der Waals surface area contributed by atoms with Gasteiger partial charge in [0.05, 0.1) is 17.6 Å². The quantitative estimate of drug-likeness (QED) is 0.478. The first kappa shape index (κ1) is 16.4. The Labute approximate surface area is 158 Å². The van der Waals surface area contributed by atoms with Gasteiger partial charge >= 0.3 is 6.03 Å². The molecule has 8 nitrogen and oxygen atoms in total. The molecule has 28 heavy (non-hydrogen) atoms. The van der Waals surface area contributed by atoms with Gasteiger partial charge in [-0.3, -0.25) is 14.5 Å². The van der Waals surface area contributed by atoms with E-state index in [0.29, 0.717) is 34.5 Å². The van der Waals surface area contributed by atoms with Crippen LogP contribution < -0.4 is 16.0 Å². The Balaban J connectivity index is 1.66. The molecule has 2 aromatic heterocycles. The molecule has 0 atom stereocenters. The molecule has 1 saturated carbocycles. The number of urea groups is 1. The molecule has 140 valence electrons. The Kier molecular flexibility index (Phi) is 3.61. The third kappa shape index (κ3) is 2.96. The van der Waals surface area contributed by atoms with E-state index in [-0.39, 0.29) is 11.5 Å². The number of hydrogen-bond acceptors (Lipinski definition) is 5. The van der Waals surface area contributed by atoms with E-state index in [4.69, 9.17) is 0 Å². The zero-order valence-corrected chi connectivity index (χ0v) is 14.6. The van der Waals surface area contributed by atoms with Gasteiger partial charge in [-0.2, -0.15) is 0 Å². The summed E-state index contributed by atoms with van der Waals surface area (Å²) in [6.07, 6.45) is 6.98. The zero-order chi connectivity index (χ0) is 19.3. The molecule has 1 saturated heterocycles. The second-order valence-corrected chi connectivity index (χ2v) is 6.75. The summed E-state index contributed by atoms with van der Waals surface area (Å²) in [5, 5.41) is 7.97. The van der Waals surface area contributed by atoms with Crippen molar-refractivity contribution in [1.82, 2.24) is 25.0 Å². The fourth-order valence-electron chi connectivity index (χ4n) is 3.05. The smallest absolute Gasteiger partial charge is 0.326 e. The van der Waals surface area contributed by atoms with Gasteiger partial charge in [0.2, 0.25) is 0 Å². The molecule has 0 bridgehead atoms. The van der Waals surface area contributed by atoms with Crippen LogP contribution in [-0.4, -0.2) is 32.3 Å². The number of imidazole rings is 1. The third-order valence-corrected chi connectivity index (χ3v) is 4.57. The van der Waals surface area contributed by atoms with Crippen LogP contribution in [0.25, 0.3) is 23.0 Å². The van der Waals surface area contributed by atoms with Crippen LogP contribution in [0.3, 0.4) is 0 Å². The molecule has 2 fully saturated rings. The number of rotatable bonds is 4. The second-order valence-electron chi connectivity index (χ2n) is 6.75. The second kappa shape index (κ2) is 6.15. The van der Waals surface area contributed by atoms with Crippen LogP contribution in [0.5, 0.6) is 0 Å². The van der Waals surface area contributed by atoms with Crippen molar-refractivity contribution in [2.75, 3.05) is 5.32 Å². The number of nitrogens with one attached hydrogen (secondary N) is 3. The van der Waals surface area contributed by atoms with E-state index in [0.717, 1.165) is 12.8 Å². The van der Waals surface area contributed by atoms with Crippen molar-refractivity contribution in [3.05, 3.63) is 53.9 Å². The number of halogens is 1. The van der Waals surface area contributed by atoms with Gasteiger partial charge in [0.25, 0.3) is 5.91 Å². The van der Waals surface area contributed by atoms with Gasteiger partial charge in [0.1, 0.15) is 11.5 Å². The molecule has 0 unspecified atom stereocenters. The fraction of sp³-hybridized carbons (Fsp3) is 0.158. The number of carbonyl (C=O) groups is 2. The number of amides is 3. The average Bonchev–Trinajstić information content (AvgIpc) is 3.30. The molecule has 3 heterocycles. The predicted octanol–water partition coefficient (Wildman–Crippen LogP) is 2.29. The molecule has 0 spiro atoms. The maximum atomic E-state index is 13.7. The first-order valence-corrected chi connectivity index (χ1v) is 8.81. The van der Waals surface area contributed by atoms with Crippen LogP contribution >= 0.6 is 0 Å². The first-order chi connectivity index (χ1) is 13.6. The molecule has 3 aromatic rings. The molecule has 3 amide bonds. The summed E-state index contributed by atoms with van der Waals surface area (Å²) in [7, 11) is 0. The van der Waals surface area contributed by atoms with Crippen molar-refractivity contribution in [3.8, 4) is 11.3 Å². The lowest BCUT2D eigenvalue weighted by atomic mass is 10.1. The van der Waals surface area contributed by atoms with Gasteiger partial charge in [-0.25, -0.2) is 19.2 Å². The molecule has 9 heteroatoms. The number of carbonyl (C=O) groups excluding carboxylic acids is 2. The van der Waals surface area contributed by atoms with Crippen molar-refractivity contribution < 1.29 is 14.0 Å². The standard InChI is InChI=1S/C19H15FN6O2/c20-11-3-1-2-10(6-11)15-9-26-13(7-14-18(27)25-19(28)24-14)8-21-17(26)16(23-15)22-12-4-5-12/h1-3,6-9,12H,4-5H2,(H,22,23)(H2,24,25,27,28)/b14-7-. The Morgan fingerprint density at radius 1 is 1.25 bits per heavy atom. The summed E-state index contributed by atoms with van der Waals surface area (Å²) in [6.45, 7) is 0. The highest BCUT2D eigenvalue weighted by Gasteiger charge is 2.25. The lowest BCUT2D eigenvalue weighted by molar-refractivity contribution is -0.115. The first-order valence-electron chi connectivity index (χ1n) is 8.81. The van der Waals surface area contributed by atoms with E-state index < -0.39 is 11.9 Å². The number of aromatic nitrogens is 3. The number of benzene rings is 1. The van der Waals surface area contributed by atoms with Gasteiger partial charge < -0.3 is 10.6 Å². The average molecular weight is 378 g/mol. The molecule has 2 aliphatic rings. The van der Waals surface area contributed by atoms with Crippen molar-refractivity contribution in [3.63, 3.8) is 0 Å². The van der Waals surface area contributed by atoms with Gasteiger partial charge in [-0.15, -0.1) is 0 Å². The van der Waals surface area contributed by atoms with E-state index >= 15 is 0 Å². The molecule has 0 radical (unpaired) electrons. The molecule has 3 N–H and O–H groups in total. The lowest BCUT2D eigenvalue weighted by Gasteiger charge is -2.10. The minimum Gasteiger partial charge on any atom is -0.364 e. The third-order valence-electron chi connectivity index (χ3n) is 4.57. The number of fused-ring (bicyclic) bond motifs is 1.